The van der Waals surface area contributed by atoms with Crippen LogP contribution in [0.3, 0.4) is 0 Å². The number of amides is 2. The van der Waals surface area contributed by atoms with Crippen LogP contribution in [-0.4, -0.2) is 104 Å². The number of nitrogens with zero attached hydrogens (tertiary/aromatic N) is 4. The number of likely N-dealkylation sites (N-methyl/N-ethyl adjacent to an activating group) is 2. The molecule has 1 aromatic heterocycles. The third-order valence-electron chi connectivity index (χ3n) is 9.59. The van der Waals surface area contributed by atoms with Gasteiger partial charge in [-0.2, -0.15) is 0 Å². The second-order valence-corrected chi connectivity index (χ2v) is 14.0. The fourth-order valence-electron chi connectivity index (χ4n) is 6.72. The molecule has 3 aromatic rings. The predicted octanol–water partition coefficient (Wildman–Crippen LogP) is 3.78. The number of fused-ring (bicyclic) bond motifs is 1. The number of hydrogen-bond donors (Lipinski definition) is 3. The zero-order valence-corrected chi connectivity index (χ0v) is 28.8. The van der Waals surface area contributed by atoms with E-state index in [9.17, 15) is 9.59 Å². The van der Waals surface area contributed by atoms with Gasteiger partial charge in [-0.1, -0.05) is 45.0 Å². The quantitative estimate of drug-likeness (QED) is 0.278. The Morgan fingerprint density at radius 3 is 2.39 bits per heavy atom. The van der Waals surface area contributed by atoms with E-state index in [0.29, 0.717) is 31.0 Å². The summed E-state index contributed by atoms with van der Waals surface area (Å²) in [6, 6.07) is 12.4. The van der Waals surface area contributed by atoms with Crippen molar-refractivity contribution in [3.8, 4) is 5.75 Å². The number of anilines is 1. The van der Waals surface area contributed by atoms with Crippen LogP contribution in [0.4, 0.5) is 5.69 Å². The van der Waals surface area contributed by atoms with Crippen LogP contribution in [0.25, 0.3) is 10.9 Å². The van der Waals surface area contributed by atoms with E-state index in [1.54, 1.807) is 7.11 Å². The van der Waals surface area contributed by atoms with Gasteiger partial charge in [0.1, 0.15) is 11.4 Å². The SMILES string of the molecule is COc1c(CN2CCN(C)CC2)cc(C(C)(C)C)cc1NC(=O)c1cc2cccc(CNCCNC(=O)[C@@H]3CCCN3C)c2n1C. The second-order valence-electron chi connectivity index (χ2n) is 14.0. The Balaban J connectivity index is 1.30. The van der Waals surface area contributed by atoms with Crippen LogP contribution in [0.5, 0.6) is 5.75 Å². The molecule has 2 saturated heterocycles. The van der Waals surface area contributed by atoms with E-state index in [1.165, 1.54) is 0 Å². The van der Waals surface area contributed by atoms with Gasteiger partial charge in [0.25, 0.3) is 5.91 Å². The smallest absolute Gasteiger partial charge is 0.272 e. The average molecular weight is 632 g/mol. The first-order valence-corrected chi connectivity index (χ1v) is 16.7. The van der Waals surface area contributed by atoms with Crippen LogP contribution in [0.15, 0.2) is 36.4 Å². The van der Waals surface area contributed by atoms with Gasteiger partial charge in [0.05, 0.1) is 24.4 Å². The molecule has 2 aliphatic rings. The van der Waals surface area contributed by atoms with Gasteiger partial charge < -0.3 is 30.2 Å². The van der Waals surface area contributed by atoms with Gasteiger partial charge in [0.2, 0.25) is 5.91 Å². The fraction of sp³-hybridized carbons (Fsp3) is 0.556. The molecule has 2 aliphatic heterocycles. The maximum atomic E-state index is 13.9. The molecule has 0 bridgehead atoms. The molecule has 3 heterocycles. The molecule has 2 aromatic carbocycles. The number of nitrogens with one attached hydrogen (secondary N) is 3. The zero-order chi connectivity index (χ0) is 33.0. The Bertz CT molecular complexity index is 1530. The van der Waals surface area contributed by atoms with Gasteiger partial charge in [-0.15, -0.1) is 0 Å². The van der Waals surface area contributed by atoms with Crippen LogP contribution < -0.4 is 20.7 Å². The molecular weight excluding hydrogens is 578 g/mol. The third-order valence-corrected chi connectivity index (χ3v) is 9.59. The zero-order valence-electron chi connectivity index (χ0n) is 28.8. The first kappa shape index (κ1) is 33.9. The van der Waals surface area contributed by atoms with E-state index in [2.05, 4.69) is 76.7 Å². The summed E-state index contributed by atoms with van der Waals surface area (Å²) in [5.41, 5.74) is 5.54. The monoisotopic (exact) mass is 631 g/mol. The first-order valence-electron chi connectivity index (χ1n) is 16.7. The van der Waals surface area contributed by atoms with E-state index in [1.807, 2.05) is 36.9 Å². The topological polar surface area (TPSA) is 94.1 Å². The average Bonchev–Trinajstić information content (AvgIpc) is 3.60. The molecule has 0 saturated carbocycles. The van der Waals surface area contributed by atoms with Gasteiger partial charge in [0, 0.05) is 70.4 Å². The Kier molecular flexibility index (Phi) is 10.7. The number of ether oxygens (including phenoxy) is 1. The molecule has 1 atom stereocenters. The van der Waals surface area contributed by atoms with Crippen molar-refractivity contribution in [3.05, 3.63) is 58.8 Å². The van der Waals surface area contributed by atoms with E-state index in [-0.39, 0.29) is 23.3 Å². The van der Waals surface area contributed by atoms with Crippen molar-refractivity contribution in [1.82, 2.24) is 29.9 Å². The lowest BCUT2D eigenvalue weighted by Gasteiger charge is -2.33. The number of piperazine rings is 1. The second kappa shape index (κ2) is 14.5. The highest BCUT2D eigenvalue weighted by molar-refractivity contribution is 6.07. The number of carbonyl (C=O) groups is 2. The van der Waals surface area contributed by atoms with Gasteiger partial charge >= 0.3 is 0 Å². The van der Waals surface area contributed by atoms with Crippen molar-refractivity contribution in [1.29, 1.82) is 0 Å². The number of likely N-dealkylation sites (tertiary alicyclic amines) is 1. The molecule has 250 valence electrons. The Morgan fingerprint density at radius 1 is 0.957 bits per heavy atom. The lowest BCUT2D eigenvalue weighted by atomic mass is 9.85. The lowest BCUT2D eigenvalue weighted by Crippen LogP contribution is -2.44. The largest absolute Gasteiger partial charge is 0.494 e. The maximum absolute atomic E-state index is 13.9. The summed E-state index contributed by atoms with van der Waals surface area (Å²) in [6.07, 6.45) is 2.00. The number of aromatic nitrogens is 1. The molecule has 10 nitrogen and oxygen atoms in total. The first-order chi connectivity index (χ1) is 22.0. The Hall–Kier alpha value is -3.44. The summed E-state index contributed by atoms with van der Waals surface area (Å²) < 4.78 is 7.95. The van der Waals surface area contributed by atoms with Crippen LogP contribution >= 0.6 is 0 Å². The van der Waals surface area contributed by atoms with Gasteiger partial charge in [0.15, 0.2) is 0 Å². The molecule has 46 heavy (non-hydrogen) atoms. The van der Waals surface area contributed by atoms with Gasteiger partial charge in [-0.05, 0) is 62.2 Å². The number of rotatable bonds is 11. The Morgan fingerprint density at radius 2 is 1.72 bits per heavy atom. The van der Waals surface area contributed by atoms with Gasteiger partial charge in [-0.25, -0.2) is 0 Å². The molecule has 0 aliphatic carbocycles. The van der Waals surface area contributed by atoms with Crippen molar-refractivity contribution in [2.45, 2.75) is 58.2 Å². The molecule has 3 N–H and O–H groups in total. The summed E-state index contributed by atoms with van der Waals surface area (Å²) >= 11 is 0. The third kappa shape index (κ3) is 7.74. The summed E-state index contributed by atoms with van der Waals surface area (Å²) in [5, 5.41) is 10.8. The number of carbonyl (C=O) groups excluding carboxylic acids is 2. The fourth-order valence-corrected chi connectivity index (χ4v) is 6.72. The van der Waals surface area contributed by atoms with Crippen LogP contribution in [0, 0.1) is 0 Å². The summed E-state index contributed by atoms with van der Waals surface area (Å²) in [6.45, 7) is 14.3. The van der Waals surface area contributed by atoms with E-state index >= 15 is 0 Å². The molecular formula is C36H53N7O3. The summed E-state index contributed by atoms with van der Waals surface area (Å²) in [5.74, 6) is 0.654. The van der Waals surface area contributed by atoms with E-state index in [4.69, 9.17) is 4.74 Å². The Labute approximate surface area is 274 Å². The molecule has 10 heteroatoms. The molecule has 0 radical (unpaired) electrons. The van der Waals surface area contributed by atoms with Crippen molar-refractivity contribution < 1.29 is 14.3 Å². The standard InChI is InChI=1S/C36H53N7O3/c1-36(2,3)28-20-27(24-43-18-16-40(4)17-19-43)33(46-7)29(22-28)39-35(45)31-21-25-10-8-11-26(32(25)42(31)6)23-37-13-14-38-34(44)30-12-9-15-41(30)5/h8,10-11,20-22,30,37H,9,12-19,23-24H2,1-7H3,(H,38,44)(H,39,45)/t30-/m0/s1. The van der Waals surface area contributed by atoms with Crippen LogP contribution in [0.2, 0.25) is 0 Å². The predicted molar refractivity (Wildman–Crippen MR) is 186 cm³/mol. The van der Waals surface area contributed by atoms with E-state index < -0.39 is 0 Å². The minimum Gasteiger partial charge on any atom is -0.494 e. The number of methoxy groups -OCH3 is 1. The minimum absolute atomic E-state index is 0.0128. The van der Waals surface area contributed by atoms with Crippen molar-refractivity contribution in [2.75, 3.05) is 72.3 Å². The highest BCUT2D eigenvalue weighted by Crippen LogP contribution is 2.37. The molecule has 5 rings (SSSR count). The molecule has 2 amide bonds. The number of hydrogen-bond acceptors (Lipinski definition) is 7. The van der Waals surface area contributed by atoms with Crippen molar-refractivity contribution >= 4 is 28.4 Å². The summed E-state index contributed by atoms with van der Waals surface area (Å²) in [4.78, 5) is 33.3. The number of benzene rings is 2. The summed E-state index contributed by atoms with van der Waals surface area (Å²) in [7, 11) is 7.80. The lowest BCUT2D eigenvalue weighted by molar-refractivity contribution is -0.125. The molecule has 0 unspecified atom stereocenters. The molecule has 2 fully saturated rings. The number of aryl methyl sites for hydroxylation is 1. The van der Waals surface area contributed by atoms with Crippen molar-refractivity contribution in [2.24, 2.45) is 7.05 Å². The van der Waals surface area contributed by atoms with Gasteiger partial charge in [-0.3, -0.25) is 19.4 Å². The van der Waals surface area contributed by atoms with E-state index in [0.717, 1.165) is 85.5 Å². The highest BCUT2D eigenvalue weighted by atomic mass is 16.5. The van der Waals surface area contributed by atoms with Crippen LogP contribution in [-0.2, 0) is 30.3 Å². The van der Waals surface area contributed by atoms with Crippen LogP contribution in [0.1, 0.15) is 60.8 Å². The minimum atomic E-state index is -0.174. The normalized spacial score (nSPS) is 18.3. The highest BCUT2D eigenvalue weighted by Gasteiger charge is 2.27. The number of para-hydroxylation sites is 1. The molecule has 0 spiro atoms. The van der Waals surface area contributed by atoms with Crippen molar-refractivity contribution in [3.63, 3.8) is 0 Å². The maximum Gasteiger partial charge on any atom is 0.272 e.